The van der Waals surface area contributed by atoms with Crippen LogP contribution in [0, 0.1) is 17.0 Å². The fraction of sp³-hybridized carbons (Fsp3) is 0.0625. The van der Waals surface area contributed by atoms with Crippen LogP contribution < -0.4 is 5.43 Å². The first-order valence-corrected chi connectivity index (χ1v) is 6.90. The zero-order chi connectivity index (χ0) is 16.2. The highest BCUT2D eigenvalue weighted by Crippen LogP contribution is 2.16. The summed E-state index contributed by atoms with van der Waals surface area (Å²) in [6.45, 7) is 1.85. The van der Waals surface area contributed by atoms with E-state index in [0.717, 1.165) is 22.3 Å². The monoisotopic (exact) mass is 307 g/mol. The van der Waals surface area contributed by atoms with Crippen LogP contribution in [-0.2, 0) is 0 Å². The van der Waals surface area contributed by atoms with Crippen LogP contribution >= 0.6 is 0 Å². The number of para-hydroxylation sites is 2. The molecule has 1 N–H and O–H groups in total. The predicted molar refractivity (Wildman–Crippen MR) is 88.6 cm³/mol. The van der Waals surface area contributed by atoms with Gasteiger partial charge >= 0.3 is 0 Å². The van der Waals surface area contributed by atoms with Crippen molar-refractivity contribution >= 4 is 28.8 Å². The molecule has 0 saturated heterocycles. The summed E-state index contributed by atoms with van der Waals surface area (Å²) in [6.07, 6.45) is 1.57. The maximum Gasteiger partial charge on any atom is 0.269 e. The minimum Gasteiger partial charge on any atom is -0.260 e. The van der Waals surface area contributed by atoms with Crippen molar-refractivity contribution < 1.29 is 4.92 Å². The average Bonchev–Trinajstić information content (AvgIpc) is 2.56. The zero-order valence-corrected chi connectivity index (χ0v) is 12.3. The number of aryl methyl sites for hydroxylation is 1. The van der Waals surface area contributed by atoms with Crippen molar-refractivity contribution in [3.63, 3.8) is 0 Å². The van der Waals surface area contributed by atoms with Crippen LogP contribution in [0.1, 0.15) is 11.3 Å². The van der Waals surface area contributed by atoms with Crippen molar-refractivity contribution in [1.29, 1.82) is 0 Å². The molecule has 23 heavy (non-hydrogen) atoms. The fourth-order valence-corrected chi connectivity index (χ4v) is 2.04. The van der Waals surface area contributed by atoms with Gasteiger partial charge in [-0.3, -0.25) is 15.5 Å². The van der Waals surface area contributed by atoms with Gasteiger partial charge in [0.25, 0.3) is 5.69 Å². The number of non-ortho nitro benzene ring substituents is 1. The molecule has 1 aromatic heterocycles. The Hall–Kier alpha value is -3.35. The second-order valence-corrected chi connectivity index (χ2v) is 4.86. The standard InChI is InChI=1S/C16H13N5O2/c1-11-16(19-15-5-3-2-4-14(15)18-11)20-17-10-12-6-8-13(9-7-12)21(22)23/h2-10H,1H3,(H,19,20)/b17-10+. The Labute approximate surface area is 131 Å². The van der Waals surface area contributed by atoms with Crippen molar-refractivity contribution in [1.82, 2.24) is 9.97 Å². The summed E-state index contributed by atoms with van der Waals surface area (Å²) in [4.78, 5) is 19.1. The van der Waals surface area contributed by atoms with E-state index in [1.807, 2.05) is 31.2 Å². The van der Waals surface area contributed by atoms with Gasteiger partial charge in [0.05, 0.1) is 27.9 Å². The highest BCUT2D eigenvalue weighted by atomic mass is 16.6. The predicted octanol–water partition coefficient (Wildman–Crippen LogP) is 3.29. The van der Waals surface area contributed by atoms with Gasteiger partial charge in [-0.25, -0.2) is 9.97 Å². The van der Waals surface area contributed by atoms with Gasteiger partial charge in [-0.15, -0.1) is 0 Å². The van der Waals surface area contributed by atoms with Crippen molar-refractivity contribution in [2.45, 2.75) is 6.92 Å². The van der Waals surface area contributed by atoms with Crippen LogP contribution in [0.4, 0.5) is 11.5 Å². The van der Waals surface area contributed by atoms with Gasteiger partial charge in [-0.1, -0.05) is 12.1 Å². The number of nitrogens with zero attached hydrogens (tertiary/aromatic N) is 4. The minimum atomic E-state index is -0.437. The molecule has 7 heteroatoms. The van der Waals surface area contributed by atoms with Gasteiger partial charge in [0.1, 0.15) is 0 Å². The molecule has 0 aliphatic carbocycles. The first kappa shape index (κ1) is 14.6. The summed E-state index contributed by atoms with van der Waals surface area (Å²) in [5, 5.41) is 14.7. The molecule has 7 nitrogen and oxygen atoms in total. The Morgan fingerprint density at radius 2 is 1.74 bits per heavy atom. The first-order chi connectivity index (χ1) is 11.1. The van der Waals surface area contributed by atoms with Gasteiger partial charge in [0, 0.05) is 12.1 Å². The third-order valence-corrected chi connectivity index (χ3v) is 3.23. The van der Waals surface area contributed by atoms with Crippen molar-refractivity contribution in [3.8, 4) is 0 Å². The number of nitro groups is 1. The highest BCUT2D eigenvalue weighted by Gasteiger charge is 2.04. The maximum atomic E-state index is 10.6. The Kier molecular flexibility index (Phi) is 3.92. The van der Waals surface area contributed by atoms with Crippen molar-refractivity contribution in [2.24, 2.45) is 5.10 Å². The average molecular weight is 307 g/mol. The topological polar surface area (TPSA) is 93.3 Å². The zero-order valence-electron chi connectivity index (χ0n) is 12.3. The lowest BCUT2D eigenvalue weighted by Gasteiger charge is -2.05. The summed E-state index contributed by atoms with van der Waals surface area (Å²) in [5.74, 6) is 0.571. The molecule has 114 valence electrons. The number of rotatable bonds is 4. The smallest absolute Gasteiger partial charge is 0.260 e. The number of hydrazone groups is 1. The number of nitrogens with one attached hydrogen (secondary N) is 1. The van der Waals surface area contributed by atoms with E-state index in [9.17, 15) is 10.1 Å². The van der Waals surface area contributed by atoms with E-state index in [1.54, 1.807) is 18.3 Å². The molecular weight excluding hydrogens is 294 g/mol. The van der Waals surface area contributed by atoms with Crippen molar-refractivity contribution in [3.05, 3.63) is 69.9 Å². The van der Waals surface area contributed by atoms with E-state index >= 15 is 0 Å². The molecular formula is C16H13N5O2. The van der Waals surface area contributed by atoms with E-state index in [-0.39, 0.29) is 5.69 Å². The summed E-state index contributed by atoms with van der Waals surface area (Å²) in [5.41, 5.74) is 6.00. The Morgan fingerprint density at radius 3 is 2.39 bits per heavy atom. The fourth-order valence-electron chi connectivity index (χ4n) is 2.04. The SMILES string of the molecule is Cc1nc2ccccc2nc1N/N=C/c1ccc([N+](=O)[O-])cc1. The number of benzene rings is 2. The molecule has 1 heterocycles. The molecule has 3 rings (SSSR count). The van der Waals surface area contributed by atoms with Gasteiger partial charge in [-0.2, -0.15) is 5.10 Å². The quantitative estimate of drug-likeness (QED) is 0.453. The van der Waals surface area contributed by atoms with Crippen LogP contribution in [0.2, 0.25) is 0 Å². The van der Waals surface area contributed by atoms with Crippen molar-refractivity contribution in [2.75, 3.05) is 5.43 Å². The lowest BCUT2D eigenvalue weighted by atomic mass is 10.2. The Bertz CT molecular complexity index is 891. The van der Waals surface area contributed by atoms with Crippen LogP contribution in [0.15, 0.2) is 53.6 Å². The third kappa shape index (κ3) is 3.29. The molecule has 0 aliphatic heterocycles. The minimum absolute atomic E-state index is 0.0475. The number of nitro benzene ring substituents is 1. The lowest BCUT2D eigenvalue weighted by Crippen LogP contribution is -1.99. The molecule has 0 aliphatic rings. The van der Waals surface area contributed by atoms with E-state index in [1.165, 1.54) is 12.1 Å². The number of hydrogen-bond acceptors (Lipinski definition) is 6. The Balaban J connectivity index is 1.77. The van der Waals surface area contributed by atoms with Gasteiger partial charge in [0.2, 0.25) is 0 Å². The molecule has 0 atom stereocenters. The van der Waals surface area contributed by atoms with E-state index in [4.69, 9.17) is 0 Å². The summed E-state index contributed by atoms with van der Waals surface area (Å²) >= 11 is 0. The Morgan fingerprint density at radius 1 is 1.09 bits per heavy atom. The van der Waals surface area contributed by atoms with E-state index < -0.39 is 4.92 Å². The number of aromatic nitrogens is 2. The third-order valence-electron chi connectivity index (χ3n) is 3.23. The molecule has 2 aromatic carbocycles. The number of hydrogen-bond donors (Lipinski definition) is 1. The second-order valence-electron chi connectivity index (χ2n) is 4.86. The second kappa shape index (κ2) is 6.18. The molecule has 0 spiro atoms. The van der Waals surface area contributed by atoms with E-state index in [2.05, 4.69) is 20.5 Å². The lowest BCUT2D eigenvalue weighted by molar-refractivity contribution is -0.384. The van der Waals surface area contributed by atoms with E-state index in [0.29, 0.717) is 5.82 Å². The summed E-state index contributed by atoms with van der Waals surface area (Å²) < 4.78 is 0. The molecule has 0 fully saturated rings. The maximum absolute atomic E-state index is 10.6. The summed E-state index contributed by atoms with van der Waals surface area (Å²) in [7, 11) is 0. The molecule has 0 bridgehead atoms. The normalized spacial score (nSPS) is 11.0. The van der Waals surface area contributed by atoms with Gasteiger partial charge in [-0.05, 0) is 36.8 Å². The first-order valence-electron chi connectivity index (χ1n) is 6.90. The van der Waals surface area contributed by atoms with Gasteiger partial charge < -0.3 is 0 Å². The molecule has 0 saturated carbocycles. The van der Waals surface area contributed by atoms with Crippen LogP contribution in [0.3, 0.4) is 0 Å². The summed E-state index contributed by atoms with van der Waals surface area (Å²) in [6, 6.07) is 13.7. The largest absolute Gasteiger partial charge is 0.269 e. The molecule has 0 radical (unpaired) electrons. The highest BCUT2D eigenvalue weighted by molar-refractivity contribution is 5.81. The molecule has 0 amide bonds. The molecule has 0 unspecified atom stereocenters. The van der Waals surface area contributed by atoms with Gasteiger partial charge in [0.15, 0.2) is 5.82 Å². The van der Waals surface area contributed by atoms with Crippen LogP contribution in [0.5, 0.6) is 0 Å². The number of fused-ring (bicyclic) bond motifs is 1. The van der Waals surface area contributed by atoms with Crippen LogP contribution in [0.25, 0.3) is 11.0 Å². The van der Waals surface area contributed by atoms with Crippen LogP contribution in [-0.4, -0.2) is 21.1 Å². The molecule has 3 aromatic rings. The number of anilines is 1.